The third kappa shape index (κ3) is 3.55. The van der Waals surface area contributed by atoms with Crippen molar-refractivity contribution in [1.29, 1.82) is 0 Å². The summed E-state index contributed by atoms with van der Waals surface area (Å²) in [5.74, 6) is 0. The lowest BCUT2D eigenvalue weighted by Gasteiger charge is -2.16. The van der Waals surface area contributed by atoms with E-state index in [9.17, 15) is 0 Å². The maximum Gasteiger partial charge on any atom is 0.0897 e. The molecule has 0 aliphatic heterocycles. The normalized spacial score (nSPS) is 12.7. The quantitative estimate of drug-likeness (QED) is 0.715. The average Bonchev–Trinajstić information content (AvgIpc) is 3.17. The van der Waals surface area contributed by atoms with Gasteiger partial charge in [0.05, 0.1) is 5.01 Å². The minimum Gasteiger partial charge on any atom is -0.304 e. The van der Waals surface area contributed by atoms with Gasteiger partial charge in [0.25, 0.3) is 0 Å². The summed E-state index contributed by atoms with van der Waals surface area (Å²) in [4.78, 5) is 8.45. The molecule has 0 aliphatic carbocycles. The van der Waals surface area contributed by atoms with Crippen LogP contribution in [0.3, 0.4) is 0 Å². The fourth-order valence-corrected chi connectivity index (χ4v) is 4.40. The van der Waals surface area contributed by atoms with Gasteiger partial charge in [-0.2, -0.15) is 0 Å². The van der Waals surface area contributed by atoms with Crippen LogP contribution in [0.1, 0.15) is 25.7 Å². The lowest BCUT2D eigenvalue weighted by molar-refractivity contribution is 0.544. The van der Waals surface area contributed by atoms with Crippen LogP contribution in [0.25, 0.3) is 0 Å². The Morgan fingerprint density at radius 1 is 1.15 bits per heavy atom. The standard InChI is InChI=1S/C15H16N2S3/c1-11-16-9-13(20-11)10-17-14(15-5-3-7-19-15)8-12-4-2-6-18-12/h2-7,9,14,17H,8,10H2,1H3. The molecule has 0 radical (unpaired) electrons. The molecule has 1 atom stereocenters. The summed E-state index contributed by atoms with van der Waals surface area (Å²) in [6.07, 6.45) is 3.03. The highest BCUT2D eigenvalue weighted by Crippen LogP contribution is 2.25. The molecule has 3 aromatic rings. The third-order valence-electron chi connectivity index (χ3n) is 3.06. The molecule has 0 saturated heterocycles. The Labute approximate surface area is 131 Å². The highest BCUT2D eigenvalue weighted by Gasteiger charge is 2.14. The van der Waals surface area contributed by atoms with Crippen LogP contribution in [-0.2, 0) is 13.0 Å². The molecule has 1 unspecified atom stereocenters. The van der Waals surface area contributed by atoms with E-state index in [1.807, 2.05) is 28.9 Å². The number of hydrogen-bond donors (Lipinski definition) is 1. The zero-order chi connectivity index (χ0) is 13.8. The molecule has 5 heteroatoms. The molecule has 20 heavy (non-hydrogen) atoms. The van der Waals surface area contributed by atoms with Crippen molar-refractivity contribution in [2.75, 3.05) is 0 Å². The molecule has 1 N–H and O–H groups in total. The van der Waals surface area contributed by atoms with Crippen molar-refractivity contribution in [3.8, 4) is 0 Å². The first-order valence-corrected chi connectivity index (χ1v) is 9.09. The molecule has 0 spiro atoms. The largest absolute Gasteiger partial charge is 0.304 e. The Balaban J connectivity index is 1.69. The predicted octanol–water partition coefficient (Wildman–Crippen LogP) is 4.65. The minimum atomic E-state index is 0.385. The first-order chi connectivity index (χ1) is 9.81. The molecule has 104 valence electrons. The molecular weight excluding hydrogens is 304 g/mol. The van der Waals surface area contributed by atoms with Gasteiger partial charge in [-0.1, -0.05) is 12.1 Å². The molecule has 0 fully saturated rings. The van der Waals surface area contributed by atoms with E-state index >= 15 is 0 Å². The van der Waals surface area contributed by atoms with Crippen LogP contribution in [0.2, 0.25) is 0 Å². The van der Waals surface area contributed by atoms with Crippen LogP contribution < -0.4 is 5.32 Å². The van der Waals surface area contributed by atoms with E-state index in [1.165, 1.54) is 14.6 Å². The van der Waals surface area contributed by atoms with Gasteiger partial charge in [-0.25, -0.2) is 4.98 Å². The smallest absolute Gasteiger partial charge is 0.0897 e. The Morgan fingerprint density at radius 2 is 2.00 bits per heavy atom. The molecule has 0 saturated carbocycles. The molecule has 0 amide bonds. The summed E-state index contributed by atoms with van der Waals surface area (Å²) in [5.41, 5.74) is 0. The van der Waals surface area contributed by atoms with Gasteiger partial charge in [0.1, 0.15) is 0 Å². The van der Waals surface area contributed by atoms with Crippen molar-refractivity contribution in [1.82, 2.24) is 10.3 Å². The number of aromatic nitrogens is 1. The first kappa shape index (κ1) is 13.9. The minimum absolute atomic E-state index is 0.385. The van der Waals surface area contributed by atoms with Crippen molar-refractivity contribution < 1.29 is 0 Å². The van der Waals surface area contributed by atoms with E-state index in [0.29, 0.717) is 6.04 Å². The number of rotatable bonds is 6. The van der Waals surface area contributed by atoms with Gasteiger partial charge in [-0.05, 0) is 29.8 Å². The van der Waals surface area contributed by atoms with Gasteiger partial charge in [-0.3, -0.25) is 0 Å². The van der Waals surface area contributed by atoms with Crippen molar-refractivity contribution in [2.45, 2.75) is 25.9 Å². The second-order valence-electron chi connectivity index (χ2n) is 4.58. The van der Waals surface area contributed by atoms with Crippen molar-refractivity contribution in [2.24, 2.45) is 0 Å². The van der Waals surface area contributed by atoms with Crippen molar-refractivity contribution in [3.63, 3.8) is 0 Å². The number of thiophene rings is 2. The molecule has 3 heterocycles. The van der Waals surface area contributed by atoms with Crippen LogP contribution in [0.4, 0.5) is 0 Å². The predicted molar refractivity (Wildman–Crippen MR) is 88.8 cm³/mol. The number of nitrogens with zero attached hydrogens (tertiary/aromatic N) is 1. The summed E-state index contributed by atoms with van der Waals surface area (Å²) in [5, 5.41) is 9.10. The molecule has 0 bridgehead atoms. The topological polar surface area (TPSA) is 24.9 Å². The van der Waals surface area contributed by atoms with Crippen molar-refractivity contribution in [3.05, 3.63) is 60.9 Å². The number of hydrogen-bond acceptors (Lipinski definition) is 5. The molecule has 0 aliphatic rings. The van der Waals surface area contributed by atoms with Crippen LogP contribution in [0.5, 0.6) is 0 Å². The van der Waals surface area contributed by atoms with Crippen molar-refractivity contribution >= 4 is 34.0 Å². The second kappa shape index (κ2) is 6.63. The summed E-state index contributed by atoms with van der Waals surface area (Å²) >= 11 is 5.42. The van der Waals surface area contributed by atoms with E-state index in [4.69, 9.17) is 0 Å². The van der Waals surface area contributed by atoms with Gasteiger partial charge in [0.15, 0.2) is 0 Å². The molecular formula is C15H16N2S3. The summed E-state index contributed by atoms with van der Waals surface area (Å²) in [6.45, 7) is 2.94. The van der Waals surface area contributed by atoms with Gasteiger partial charge in [-0.15, -0.1) is 34.0 Å². The average molecular weight is 321 g/mol. The lowest BCUT2D eigenvalue weighted by Crippen LogP contribution is -2.21. The molecule has 3 aromatic heterocycles. The number of nitrogens with one attached hydrogen (secondary N) is 1. The van der Waals surface area contributed by atoms with E-state index in [1.54, 1.807) is 11.3 Å². The van der Waals surface area contributed by atoms with E-state index < -0.39 is 0 Å². The first-order valence-electron chi connectivity index (χ1n) is 6.52. The molecule has 2 nitrogen and oxygen atoms in total. The second-order valence-corrected chi connectivity index (χ2v) is 7.91. The summed E-state index contributed by atoms with van der Waals surface area (Å²) in [7, 11) is 0. The van der Waals surface area contributed by atoms with Gasteiger partial charge < -0.3 is 5.32 Å². The Bertz CT molecular complexity index is 626. The Hall–Kier alpha value is -1.01. The van der Waals surface area contributed by atoms with Crippen LogP contribution >= 0.6 is 34.0 Å². The highest BCUT2D eigenvalue weighted by molar-refractivity contribution is 7.11. The van der Waals surface area contributed by atoms with E-state index in [-0.39, 0.29) is 0 Å². The fraction of sp³-hybridized carbons (Fsp3) is 0.267. The third-order valence-corrected chi connectivity index (χ3v) is 5.86. The maximum atomic E-state index is 4.32. The van der Waals surface area contributed by atoms with Gasteiger partial charge in [0, 0.05) is 39.8 Å². The lowest BCUT2D eigenvalue weighted by atomic mass is 10.1. The fourth-order valence-electron chi connectivity index (χ4n) is 2.10. The zero-order valence-electron chi connectivity index (χ0n) is 11.2. The zero-order valence-corrected chi connectivity index (χ0v) is 13.7. The molecule has 0 aromatic carbocycles. The summed E-state index contributed by atoms with van der Waals surface area (Å²) in [6, 6.07) is 9.06. The summed E-state index contributed by atoms with van der Waals surface area (Å²) < 4.78 is 0. The number of aryl methyl sites for hydroxylation is 1. The Kier molecular flexibility index (Phi) is 4.62. The molecule has 3 rings (SSSR count). The highest BCUT2D eigenvalue weighted by atomic mass is 32.1. The van der Waals surface area contributed by atoms with Crippen LogP contribution in [-0.4, -0.2) is 4.98 Å². The van der Waals surface area contributed by atoms with E-state index in [2.05, 4.69) is 52.3 Å². The maximum absolute atomic E-state index is 4.32. The number of thiazole rings is 1. The van der Waals surface area contributed by atoms with Crippen LogP contribution in [0.15, 0.2) is 41.2 Å². The Morgan fingerprint density at radius 3 is 2.65 bits per heavy atom. The van der Waals surface area contributed by atoms with Gasteiger partial charge in [0.2, 0.25) is 0 Å². The van der Waals surface area contributed by atoms with E-state index in [0.717, 1.165) is 18.0 Å². The SMILES string of the molecule is Cc1ncc(CNC(Cc2cccs2)c2cccs2)s1. The van der Waals surface area contributed by atoms with Gasteiger partial charge >= 0.3 is 0 Å². The monoisotopic (exact) mass is 320 g/mol. The van der Waals surface area contributed by atoms with Crippen LogP contribution in [0, 0.1) is 6.92 Å².